The third kappa shape index (κ3) is 3.90. The minimum absolute atomic E-state index is 0.0399. The first kappa shape index (κ1) is 22.2. The lowest BCUT2D eigenvalue weighted by Gasteiger charge is -2.57. The van der Waals surface area contributed by atoms with Gasteiger partial charge in [0.2, 0.25) is 5.65 Å². The van der Waals surface area contributed by atoms with Gasteiger partial charge in [-0.2, -0.15) is 10.3 Å². The minimum atomic E-state index is -0.237. The summed E-state index contributed by atoms with van der Waals surface area (Å²) in [5, 5.41) is 22.7. The molecule has 6 nitrogen and oxygen atoms in total. The van der Waals surface area contributed by atoms with Crippen LogP contribution >= 0.6 is 0 Å². The number of nitrogen functional groups attached to an aromatic ring is 1. The molecule has 0 radical (unpaired) electrons. The quantitative estimate of drug-likeness (QED) is 0.333. The molecule has 2 unspecified atom stereocenters. The second kappa shape index (κ2) is 8.76. The summed E-state index contributed by atoms with van der Waals surface area (Å²) in [5.41, 5.74) is 11.4. The fraction of sp³-hybridized carbons (Fsp3) is 0.414. The first-order valence-corrected chi connectivity index (χ1v) is 12.8. The Hall–Kier alpha value is -3.25. The van der Waals surface area contributed by atoms with E-state index in [2.05, 4.69) is 75.0 Å². The van der Waals surface area contributed by atoms with Gasteiger partial charge in [-0.1, -0.05) is 67.1 Å². The molecule has 2 heterocycles. The van der Waals surface area contributed by atoms with Gasteiger partial charge in [0.1, 0.15) is 11.3 Å². The van der Waals surface area contributed by atoms with E-state index in [-0.39, 0.29) is 22.9 Å². The third-order valence-electron chi connectivity index (χ3n) is 8.97. The van der Waals surface area contributed by atoms with Crippen molar-refractivity contribution >= 4 is 17.0 Å². The fourth-order valence-corrected chi connectivity index (χ4v) is 6.96. The predicted molar refractivity (Wildman–Crippen MR) is 138 cm³/mol. The number of anilines is 1. The molecule has 4 aromatic rings. The summed E-state index contributed by atoms with van der Waals surface area (Å²) >= 11 is 0. The Kier molecular flexibility index (Phi) is 5.56. The van der Waals surface area contributed by atoms with Crippen molar-refractivity contribution in [1.29, 1.82) is 0 Å². The molecule has 3 aliphatic rings. The van der Waals surface area contributed by atoms with Crippen molar-refractivity contribution in [3.8, 4) is 0 Å². The second-order valence-corrected chi connectivity index (χ2v) is 10.7. The lowest BCUT2D eigenvalue weighted by atomic mass is 9.49. The van der Waals surface area contributed by atoms with Crippen LogP contribution < -0.4 is 5.73 Å². The summed E-state index contributed by atoms with van der Waals surface area (Å²) in [6.07, 6.45) is 8.27. The van der Waals surface area contributed by atoms with Crippen LogP contribution in [0.2, 0.25) is 0 Å². The molecular formula is C29H33N5O. The molecule has 3 fully saturated rings. The van der Waals surface area contributed by atoms with Crippen LogP contribution in [0.5, 0.6) is 0 Å². The average molecular weight is 468 g/mol. The van der Waals surface area contributed by atoms with Gasteiger partial charge in [-0.15, -0.1) is 5.10 Å². The molecule has 0 spiro atoms. The van der Waals surface area contributed by atoms with Gasteiger partial charge in [0.05, 0.1) is 6.10 Å². The summed E-state index contributed by atoms with van der Waals surface area (Å²) in [5.74, 6) is 0.617. The number of hydrogen-bond acceptors (Lipinski definition) is 5. The van der Waals surface area contributed by atoms with Gasteiger partial charge in [0, 0.05) is 5.92 Å². The van der Waals surface area contributed by atoms with Gasteiger partial charge < -0.3 is 10.8 Å². The van der Waals surface area contributed by atoms with Gasteiger partial charge in [-0.25, -0.2) is 4.98 Å². The molecule has 2 atom stereocenters. The number of benzene rings is 2. The van der Waals surface area contributed by atoms with Gasteiger partial charge in [0.25, 0.3) is 0 Å². The Bertz CT molecular complexity index is 1290. The van der Waals surface area contributed by atoms with Gasteiger partial charge in [0.15, 0.2) is 0 Å². The number of aliphatic hydroxyl groups excluding tert-OH is 1. The molecule has 3 saturated carbocycles. The first-order valence-electron chi connectivity index (χ1n) is 12.8. The maximum absolute atomic E-state index is 11.4. The van der Waals surface area contributed by atoms with E-state index in [1.54, 1.807) is 0 Å². The predicted octanol–water partition coefficient (Wildman–Crippen LogP) is 5.50. The monoisotopic (exact) mass is 467 g/mol. The maximum atomic E-state index is 11.4. The molecule has 4 N–H and O–H groups in total. The SMILES string of the molecule is Nc1cc(C(CCCC23CCC(c4ccccc4)(CC2)CC3O)c2ccccc2)c2n[nH]nc2n1. The molecule has 2 bridgehead atoms. The largest absolute Gasteiger partial charge is 0.393 e. The normalized spacial score (nSPS) is 26.7. The molecule has 2 aromatic heterocycles. The van der Waals surface area contributed by atoms with Crippen molar-refractivity contribution in [2.75, 3.05) is 5.73 Å². The number of aliphatic hydroxyl groups is 1. The third-order valence-corrected chi connectivity index (χ3v) is 8.97. The van der Waals surface area contributed by atoms with E-state index in [0.29, 0.717) is 11.5 Å². The molecular weight excluding hydrogens is 434 g/mol. The smallest absolute Gasteiger partial charge is 0.203 e. The van der Waals surface area contributed by atoms with Crippen molar-refractivity contribution < 1.29 is 5.11 Å². The highest BCUT2D eigenvalue weighted by Gasteiger charge is 2.54. The number of rotatable bonds is 7. The number of H-pyrrole nitrogens is 1. The van der Waals surface area contributed by atoms with Crippen LogP contribution in [0, 0.1) is 5.41 Å². The van der Waals surface area contributed by atoms with Crippen molar-refractivity contribution in [3.05, 3.63) is 83.4 Å². The zero-order valence-electron chi connectivity index (χ0n) is 20.0. The van der Waals surface area contributed by atoms with E-state index in [1.165, 1.54) is 24.0 Å². The van der Waals surface area contributed by atoms with Gasteiger partial charge in [-0.3, -0.25) is 0 Å². The zero-order chi connectivity index (χ0) is 23.9. The topological polar surface area (TPSA) is 101 Å². The summed E-state index contributed by atoms with van der Waals surface area (Å²) in [6, 6.07) is 23.4. The molecule has 35 heavy (non-hydrogen) atoms. The highest BCUT2D eigenvalue weighted by Crippen LogP contribution is 2.59. The van der Waals surface area contributed by atoms with Gasteiger partial charge in [-0.05, 0) is 78.5 Å². The summed E-state index contributed by atoms with van der Waals surface area (Å²) in [7, 11) is 0. The van der Waals surface area contributed by atoms with Crippen molar-refractivity contribution in [3.63, 3.8) is 0 Å². The Balaban J connectivity index is 1.22. The van der Waals surface area contributed by atoms with E-state index in [4.69, 9.17) is 5.73 Å². The molecule has 0 amide bonds. The number of aromatic nitrogens is 4. The lowest BCUT2D eigenvalue weighted by molar-refractivity contribution is -0.0940. The number of fused-ring (bicyclic) bond motifs is 4. The Labute approximate surface area is 206 Å². The van der Waals surface area contributed by atoms with Crippen LogP contribution in [-0.4, -0.2) is 31.6 Å². The molecule has 0 saturated heterocycles. The molecule has 7 rings (SSSR count). The Morgan fingerprint density at radius 2 is 1.69 bits per heavy atom. The zero-order valence-corrected chi connectivity index (χ0v) is 20.0. The number of pyridine rings is 1. The number of hydrogen-bond donors (Lipinski definition) is 3. The number of nitrogens with zero attached hydrogens (tertiary/aromatic N) is 3. The molecule has 2 aromatic carbocycles. The summed E-state index contributed by atoms with van der Waals surface area (Å²) in [4.78, 5) is 4.34. The van der Waals surface area contributed by atoms with E-state index in [0.717, 1.165) is 49.6 Å². The van der Waals surface area contributed by atoms with Gasteiger partial charge >= 0.3 is 0 Å². The Morgan fingerprint density at radius 1 is 0.971 bits per heavy atom. The minimum Gasteiger partial charge on any atom is -0.393 e. The summed E-state index contributed by atoms with van der Waals surface area (Å²) < 4.78 is 0. The first-order chi connectivity index (χ1) is 17.1. The lowest BCUT2D eigenvalue weighted by Crippen LogP contribution is -2.53. The Morgan fingerprint density at radius 3 is 2.40 bits per heavy atom. The molecule has 0 aliphatic heterocycles. The van der Waals surface area contributed by atoms with E-state index in [1.807, 2.05) is 12.1 Å². The van der Waals surface area contributed by atoms with Crippen molar-refractivity contribution in [2.24, 2.45) is 5.41 Å². The van der Waals surface area contributed by atoms with Crippen LogP contribution in [0.25, 0.3) is 11.2 Å². The standard InChI is InChI=1S/C29H33N5O/c30-25-18-23(26-27(31-25)33-34-32-26)22(20-8-3-1-4-9-20)12-7-13-28-14-16-29(17-15-28,19-24(28)35)21-10-5-2-6-11-21/h1-6,8-11,18,22,24,35H,7,12-17,19H2,(H3,30,31,32,33,34). The van der Waals surface area contributed by atoms with E-state index < -0.39 is 0 Å². The number of nitrogens with one attached hydrogen (secondary N) is 1. The molecule has 6 heteroatoms. The van der Waals surface area contributed by atoms with Crippen LogP contribution in [0.4, 0.5) is 5.82 Å². The van der Waals surface area contributed by atoms with Crippen LogP contribution in [0.3, 0.4) is 0 Å². The van der Waals surface area contributed by atoms with Crippen LogP contribution in [0.15, 0.2) is 66.7 Å². The highest BCUT2D eigenvalue weighted by molar-refractivity contribution is 5.77. The molecule has 180 valence electrons. The number of aromatic amines is 1. The fourth-order valence-electron chi connectivity index (χ4n) is 6.96. The average Bonchev–Trinajstić information content (AvgIpc) is 3.37. The highest BCUT2D eigenvalue weighted by atomic mass is 16.3. The second-order valence-electron chi connectivity index (χ2n) is 10.7. The maximum Gasteiger partial charge on any atom is 0.203 e. The van der Waals surface area contributed by atoms with Crippen LogP contribution in [-0.2, 0) is 5.41 Å². The molecule has 3 aliphatic carbocycles. The number of nitrogens with two attached hydrogens (primary N) is 1. The van der Waals surface area contributed by atoms with Crippen molar-refractivity contribution in [2.45, 2.75) is 68.8 Å². The summed E-state index contributed by atoms with van der Waals surface area (Å²) in [6.45, 7) is 0. The van der Waals surface area contributed by atoms with E-state index >= 15 is 0 Å². The van der Waals surface area contributed by atoms with E-state index in [9.17, 15) is 5.11 Å². The van der Waals surface area contributed by atoms with Crippen molar-refractivity contribution in [1.82, 2.24) is 20.4 Å². The van der Waals surface area contributed by atoms with Crippen LogP contribution in [0.1, 0.15) is 74.0 Å².